The number of benzene rings is 1. The number of rotatable bonds is 5. The highest BCUT2D eigenvalue weighted by atomic mass is 79.9. The van der Waals surface area contributed by atoms with E-state index < -0.39 is 0 Å². The number of methoxy groups -OCH3 is 1. The van der Waals surface area contributed by atoms with E-state index in [9.17, 15) is 0 Å². The minimum Gasteiger partial charge on any atom is -0.496 e. The number of halogens is 2. The van der Waals surface area contributed by atoms with Gasteiger partial charge in [0.25, 0.3) is 0 Å². The Kier molecular flexibility index (Phi) is 5.45. The molecule has 1 N–H and O–H groups in total. The minimum atomic E-state index is 0.147. The summed E-state index contributed by atoms with van der Waals surface area (Å²) in [4.78, 5) is 1.25. The number of nitrogens with one attached hydrogen (secondary N) is 1. The molecule has 0 aliphatic rings. The van der Waals surface area contributed by atoms with Gasteiger partial charge in [-0.15, -0.1) is 11.3 Å². The van der Waals surface area contributed by atoms with Crippen LogP contribution in [0.4, 0.5) is 0 Å². The Morgan fingerprint density at radius 1 is 1.32 bits per heavy atom. The molecule has 0 radical (unpaired) electrons. The molecule has 1 atom stereocenters. The fourth-order valence-corrected chi connectivity index (χ4v) is 4.16. The Labute approximate surface area is 134 Å². The minimum absolute atomic E-state index is 0.147. The van der Waals surface area contributed by atoms with Crippen molar-refractivity contribution in [3.05, 3.63) is 49.0 Å². The summed E-state index contributed by atoms with van der Waals surface area (Å²) >= 11 is 8.83. The van der Waals surface area contributed by atoms with Crippen LogP contribution in [0.5, 0.6) is 5.75 Å². The Balaban J connectivity index is 2.44. The van der Waals surface area contributed by atoms with Crippen LogP contribution in [0.2, 0.25) is 0 Å². The van der Waals surface area contributed by atoms with Gasteiger partial charge in [0.15, 0.2) is 0 Å². The molecule has 2 aromatic rings. The molecule has 0 saturated carbocycles. The molecule has 19 heavy (non-hydrogen) atoms. The van der Waals surface area contributed by atoms with Gasteiger partial charge in [-0.25, -0.2) is 0 Å². The lowest BCUT2D eigenvalue weighted by Gasteiger charge is -2.19. The molecular weight excluding hydrogens is 390 g/mol. The topological polar surface area (TPSA) is 21.3 Å². The molecular formula is C14H15Br2NOS. The third-order valence-corrected chi connectivity index (χ3v) is 6.13. The first-order valence-electron chi connectivity index (χ1n) is 5.98. The van der Waals surface area contributed by atoms with Gasteiger partial charge in [-0.2, -0.15) is 0 Å². The van der Waals surface area contributed by atoms with Crippen molar-refractivity contribution in [3.8, 4) is 5.75 Å². The first-order valence-corrected chi connectivity index (χ1v) is 8.38. The highest BCUT2D eigenvalue weighted by Crippen LogP contribution is 2.39. The van der Waals surface area contributed by atoms with E-state index in [1.807, 2.05) is 18.2 Å². The lowest BCUT2D eigenvalue weighted by atomic mass is 10.0. The zero-order valence-electron chi connectivity index (χ0n) is 10.7. The summed E-state index contributed by atoms with van der Waals surface area (Å²) in [5, 5.41) is 3.52. The van der Waals surface area contributed by atoms with E-state index in [-0.39, 0.29) is 6.04 Å². The van der Waals surface area contributed by atoms with E-state index in [2.05, 4.69) is 56.2 Å². The zero-order valence-corrected chi connectivity index (χ0v) is 14.7. The average Bonchev–Trinajstić information content (AvgIpc) is 2.76. The predicted octanol–water partition coefficient (Wildman–Crippen LogP) is 4.98. The molecule has 102 valence electrons. The standard InChI is InChI=1S/C14H15Br2NOS/c1-3-17-13(12-8-10(15)14(16)19-12)9-6-4-5-7-11(9)18-2/h4-8,13,17H,3H2,1-2H3. The summed E-state index contributed by atoms with van der Waals surface area (Å²) in [5.74, 6) is 0.911. The van der Waals surface area contributed by atoms with Crippen LogP contribution in [-0.4, -0.2) is 13.7 Å². The summed E-state index contributed by atoms with van der Waals surface area (Å²) in [6, 6.07) is 10.4. The van der Waals surface area contributed by atoms with Crippen LogP contribution in [-0.2, 0) is 0 Å². The van der Waals surface area contributed by atoms with Crippen molar-refractivity contribution >= 4 is 43.2 Å². The van der Waals surface area contributed by atoms with Gasteiger partial charge in [0.05, 0.1) is 16.9 Å². The predicted molar refractivity (Wildman–Crippen MR) is 88.2 cm³/mol. The smallest absolute Gasteiger partial charge is 0.124 e. The van der Waals surface area contributed by atoms with Crippen LogP contribution in [0.15, 0.2) is 38.6 Å². The monoisotopic (exact) mass is 403 g/mol. The largest absolute Gasteiger partial charge is 0.496 e. The third kappa shape index (κ3) is 3.40. The maximum absolute atomic E-state index is 5.47. The fourth-order valence-electron chi connectivity index (χ4n) is 1.98. The van der Waals surface area contributed by atoms with E-state index in [4.69, 9.17) is 4.74 Å². The van der Waals surface area contributed by atoms with Crippen LogP contribution in [0.25, 0.3) is 0 Å². The third-order valence-electron chi connectivity index (χ3n) is 2.81. The highest BCUT2D eigenvalue weighted by molar-refractivity contribution is 9.13. The molecule has 2 nitrogen and oxygen atoms in total. The Hall–Kier alpha value is -0.360. The van der Waals surface area contributed by atoms with Crippen molar-refractivity contribution in [2.45, 2.75) is 13.0 Å². The first kappa shape index (κ1) is 15.0. The van der Waals surface area contributed by atoms with Gasteiger partial charge in [0, 0.05) is 14.9 Å². The van der Waals surface area contributed by atoms with E-state index in [1.165, 1.54) is 4.88 Å². The molecule has 1 aromatic heterocycles. The van der Waals surface area contributed by atoms with Gasteiger partial charge >= 0.3 is 0 Å². The quantitative estimate of drug-likeness (QED) is 0.758. The molecule has 0 amide bonds. The summed E-state index contributed by atoms with van der Waals surface area (Å²) < 4.78 is 7.67. The molecule has 0 saturated heterocycles. The van der Waals surface area contributed by atoms with Gasteiger partial charge in [-0.1, -0.05) is 25.1 Å². The van der Waals surface area contributed by atoms with Gasteiger partial charge in [-0.05, 0) is 50.5 Å². The maximum atomic E-state index is 5.47. The second-order valence-corrected chi connectivity index (χ2v) is 7.26. The SMILES string of the molecule is CCNC(c1cc(Br)c(Br)s1)c1ccccc1OC. The molecule has 2 rings (SSSR count). The van der Waals surface area contributed by atoms with Crippen LogP contribution >= 0.6 is 43.2 Å². The summed E-state index contributed by atoms with van der Waals surface area (Å²) in [6.07, 6.45) is 0. The van der Waals surface area contributed by atoms with Crippen molar-refractivity contribution in [3.63, 3.8) is 0 Å². The van der Waals surface area contributed by atoms with Crippen molar-refractivity contribution in [1.29, 1.82) is 0 Å². The van der Waals surface area contributed by atoms with Crippen molar-refractivity contribution in [1.82, 2.24) is 5.32 Å². The molecule has 0 spiro atoms. The summed E-state index contributed by atoms with van der Waals surface area (Å²) in [5.41, 5.74) is 1.16. The molecule has 0 aliphatic heterocycles. The van der Waals surface area contributed by atoms with Crippen molar-refractivity contribution in [2.75, 3.05) is 13.7 Å². The zero-order chi connectivity index (χ0) is 13.8. The second-order valence-electron chi connectivity index (χ2n) is 4.00. The highest BCUT2D eigenvalue weighted by Gasteiger charge is 2.20. The van der Waals surface area contributed by atoms with Crippen LogP contribution in [0.3, 0.4) is 0 Å². The maximum Gasteiger partial charge on any atom is 0.124 e. The molecule has 1 heterocycles. The van der Waals surface area contributed by atoms with Gasteiger partial charge in [0.1, 0.15) is 5.75 Å². The number of thiophene rings is 1. The molecule has 1 unspecified atom stereocenters. The summed E-state index contributed by atoms with van der Waals surface area (Å²) in [7, 11) is 1.71. The number of ether oxygens (including phenoxy) is 1. The molecule has 1 aromatic carbocycles. The van der Waals surface area contributed by atoms with E-state index >= 15 is 0 Å². The fraction of sp³-hybridized carbons (Fsp3) is 0.286. The van der Waals surface area contributed by atoms with Gasteiger partial charge in [0.2, 0.25) is 0 Å². The number of hydrogen-bond donors (Lipinski definition) is 1. The first-order chi connectivity index (χ1) is 9.17. The Bertz CT molecular complexity index is 537. The number of para-hydroxylation sites is 1. The number of hydrogen-bond acceptors (Lipinski definition) is 3. The van der Waals surface area contributed by atoms with Crippen molar-refractivity contribution < 1.29 is 4.74 Å². The van der Waals surface area contributed by atoms with E-state index in [0.717, 1.165) is 26.1 Å². The molecule has 0 fully saturated rings. The van der Waals surface area contributed by atoms with Crippen LogP contribution in [0.1, 0.15) is 23.4 Å². The van der Waals surface area contributed by atoms with E-state index in [1.54, 1.807) is 18.4 Å². The Morgan fingerprint density at radius 2 is 2.05 bits per heavy atom. The van der Waals surface area contributed by atoms with E-state index in [0.29, 0.717) is 0 Å². The van der Waals surface area contributed by atoms with Gasteiger partial charge < -0.3 is 10.1 Å². The van der Waals surface area contributed by atoms with Gasteiger partial charge in [-0.3, -0.25) is 0 Å². The molecule has 0 bridgehead atoms. The average molecular weight is 405 g/mol. The molecule has 5 heteroatoms. The van der Waals surface area contributed by atoms with Crippen LogP contribution < -0.4 is 10.1 Å². The Morgan fingerprint density at radius 3 is 2.63 bits per heavy atom. The normalized spacial score (nSPS) is 12.4. The summed E-state index contributed by atoms with van der Waals surface area (Å²) in [6.45, 7) is 3.01. The van der Waals surface area contributed by atoms with Crippen LogP contribution in [0, 0.1) is 0 Å². The lowest BCUT2D eigenvalue weighted by Crippen LogP contribution is -2.21. The molecule has 0 aliphatic carbocycles. The lowest BCUT2D eigenvalue weighted by molar-refractivity contribution is 0.404. The second kappa shape index (κ2) is 6.88. The van der Waals surface area contributed by atoms with Crippen molar-refractivity contribution in [2.24, 2.45) is 0 Å².